The van der Waals surface area contributed by atoms with Crippen LogP contribution in [0.4, 0.5) is 0 Å². The summed E-state index contributed by atoms with van der Waals surface area (Å²) in [6, 6.07) is 4.08. The molecule has 1 aliphatic carbocycles. The number of carbonyl (C=O) groups is 1. The molecular formula is C20H24N6O2. The second-order valence-electron chi connectivity index (χ2n) is 8.00. The Morgan fingerprint density at radius 2 is 1.89 bits per heavy atom. The molecule has 3 aromatic heterocycles. The Hall–Kier alpha value is -2.77. The average Bonchev–Trinajstić information content (AvgIpc) is 3.41. The molecular weight excluding hydrogens is 356 g/mol. The van der Waals surface area contributed by atoms with Gasteiger partial charge in [0.2, 0.25) is 5.91 Å². The lowest BCUT2D eigenvalue weighted by Crippen LogP contribution is -2.39. The molecule has 1 saturated heterocycles. The third kappa shape index (κ3) is 3.06. The van der Waals surface area contributed by atoms with Crippen molar-refractivity contribution in [2.24, 2.45) is 0 Å². The molecule has 0 bridgehead atoms. The van der Waals surface area contributed by atoms with Gasteiger partial charge in [0.25, 0.3) is 0 Å². The number of nitrogens with zero attached hydrogens (tertiary/aromatic N) is 6. The van der Waals surface area contributed by atoms with Crippen LogP contribution in [0.15, 0.2) is 16.7 Å². The molecule has 1 aliphatic heterocycles. The van der Waals surface area contributed by atoms with E-state index >= 15 is 0 Å². The quantitative estimate of drug-likeness (QED) is 0.691. The molecule has 8 heteroatoms. The molecule has 4 heterocycles. The smallest absolute Gasteiger partial charge is 0.227 e. The molecule has 2 fully saturated rings. The number of rotatable bonds is 4. The fourth-order valence-corrected chi connectivity index (χ4v) is 4.08. The molecule has 5 rings (SSSR count). The van der Waals surface area contributed by atoms with Crippen LogP contribution in [-0.2, 0) is 11.2 Å². The van der Waals surface area contributed by atoms with Gasteiger partial charge in [-0.25, -0.2) is 0 Å². The third-order valence-electron chi connectivity index (χ3n) is 6.03. The first kappa shape index (κ1) is 17.3. The fourth-order valence-electron chi connectivity index (χ4n) is 4.08. The zero-order valence-corrected chi connectivity index (χ0v) is 16.3. The van der Waals surface area contributed by atoms with Gasteiger partial charge in [0.1, 0.15) is 5.76 Å². The Labute approximate surface area is 162 Å². The van der Waals surface area contributed by atoms with Crippen molar-refractivity contribution in [1.29, 1.82) is 0 Å². The summed E-state index contributed by atoms with van der Waals surface area (Å²) in [4.78, 5) is 14.7. The first-order valence-corrected chi connectivity index (χ1v) is 10.0. The lowest BCUT2D eigenvalue weighted by atomic mass is 9.95. The van der Waals surface area contributed by atoms with Crippen molar-refractivity contribution in [3.63, 3.8) is 0 Å². The third-order valence-corrected chi connectivity index (χ3v) is 6.03. The topological polar surface area (TPSA) is 89.4 Å². The minimum Gasteiger partial charge on any atom is -0.361 e. The van der Waals surface area contributed by atoms with Gasteiger partial charge in [-0.15, -0.1) is 10.2 Å². The van der Waals surface area contributed by atoms with Crippen LogP contribution in [0.2, 0.25) is 0 Å². The van der Waals surface area contributed by atoms with Gasteiger partial charge in [-0.2, -0.15) is 9.61 Å². The van der Waals surface area contributed by atoms with E-state index in [0.29, 0.717) is 12.3 Å². The highest BCUT2D eigenvalue weighted by atomic mass is 16.5. The van der Waals surface area contributed by atoms with E-state index in [9.17, 15) is 4.79 Å². The number of amides is 1. The molecule has 0 atom stereocenters. The minimum absolute atomic E-state index is 0.132. The maximum Gasteiger partial charge on any atom is 0.227 e. The molecule has 2 aliphatic rings. The van der Waals surface area contributed by atoms with Crippen LogP contribution in [0.1, 0.15) is 66.1 Å². The second kappa shape index (κ2) is 6.68. The summed E-state index contributed by atoms with van der Waals surface area (Å²) in [6.45, 7) is 5.19. The van der Waals surface area contributed by atoms with Crippen LogP contribution >= 0.6 is 0 Å². The highest BCUT2D eigenvalue weighted by Gasteiger charge is 2.30. The molecule has 0 N–H and O–H groups in total. The highest BCUT2D eigenvalue weighted by molar-refractivity contribution is 5.79. The van der Waals surface area contributed by atoms with Crippen molar-refractivity contribution in [1.82, 2.24) is 29.9 Å². The zero-order valence-electron chi connectivity index (χ0n) is 16.3. The van der Waals surface area contributed by atoms with Crippen LogP contribution in [-0.4, -0.2) is 48.9 Å². The van der Waals surface area contributed by atoms with Crippen LogP contribution in [0.25, 0.3) is 5.65 Å². The maximum absolute atomic E-state index is 12.7. The number of fused-ring (bicyclic) bond motifs is 1. The van der Waals surface area contributed by atoms with E-state index in [-0.39, 0.29) is 11.8 Å². The summed E-state index contributed by atoms with van der Waals surface area (Å²) < 4.78 is 7.09. The van der Waals surface area contributed by atoms with Gasteiger partial charge < -0.3 is 9.42 Å². The summed E-state index contributed by atoms with van der Waals surface area (Å²) in [6.07, 6.45) is 4.56. The average molecular weight is 380 g/mol. The van der Waals surface area contributed by atoms with Crippen molar-refractivity contribution < 1.29 is 9.32 Å². The van der Waals surface area contributed by atoms with E-state index in [1.54, 1.807) is 0 Å². The Balaban J connectivity index is 1.27. The van der Waals surface area contributed by atoms with E-state index < -0.39 is 0 Å². The predicted molar refractivity (Wildman–Crippen MR) is 101 cm³/mol. The molecule has 0 unspecified atom stereocenters. The van der Waals surface area contributed by atoms with Crippen molar-refractivity contribution >= 4 is 11.6 Å². The molecule has 28 heavy (non-hydrogen) atoms. The van der Waals surface area contributed by atoms with E-state index in [1.807, 2.05) is 29.3 Å². The summed E-state index contributed by atoms with van der Waals surface area (Å²) in [5, 5.41) is 17.4. The van der Waals surface area contributed by atoms with E-state index in [0.717, 1.165) is 60.1 Å². The number of piperidine rings is 1. The van der Waals surface area contributed by atoms with Gasteiger partial charge >= 0.3 is 0 Å². The fraction of sp³-hybridized carbons (Fsp3) is 0.550. The van der Waals surface area contributed by atoms with Gasteiger partial charge in [-0.05, 0) is 51.7 Å². The van der Waals surface area contributed by atoms with Crippen LogP contribution in [0.5, 0.6) is 0 Å². The predicted octanol–water partition coefficient (Wildman–Crippen LogP) is 2.56. The minimum atomic E-state index is 0.132. The van der Waals surface area contributed by atoms with Crippen LogP contribution in [0, 0.1) is 13.8 Å². The number of aromatic nitrogens is 5. The maximum atomic E-state index is 12.7. The van der Waals surface area contributed by atoms with Crippen molar-refractivity contribution in [3.8, 4) is 0 Å². The standard InChI is InChI=1S/C20H24N6O2/c1-12-16(13(2)28-24-12)11-19(27)25-9-7-15(8-10-25)20-22-21-18-6-5-17(14-3-4-14)23-26(18)20/h5-6,14-15H,3-4,7-11H2,1-2H3. The number of hydrogen-bond acceptors (Lipinski definition) is 6. The highest BCUT2D eigenvalue weighted by Crippen LogP contribution is 2.39. The lowest BCUT2D eigenvalue weighted by Gasteiger charge is -2.31. The Bertz CT molecular complexity index is 1010. The van der Waals surface area contributed by atoms with E-state index in [1.165, 1.54) is 12.8 Å². The Morgan fingerprint density at radius 3 is 2.57 bits per heavy atom. The van der Waals surface area contributed by atoms with Crippen molar-refractivity contribution in [3.05, 3.63) is 40.7 Å². The van der Waals surface area contributed by atoms with Gasteiger partial charge in [0, 0.05) is 30.5 Å². The monoisotopic (exact) mass is 380 g/mol. The summed E-state index contributed by atoms with van der Waals surface area (Å²) >= 11 is 0. The summed E-state index contributed by atoms with van der Waals surface area (Å²) in [5.74, 6) is 2.67. The van der Waals surface area contributed by atoms with E-state index in [4.69, 9.17) is 9.62 Å². The molecule has 146 valence electrons. The largest absolute Gasteiger partial charge is 0.361 e. The van der Waals surface area contributed by atoms with Crippen molar-refractivity contribution in [2.45, 2.75) is 57.8 Å². The first-order valence-electron chi connectivity index (χ1n) is 10.0. The summed E-state index contributed by atoms with van der Waals surface area (Å²) in [5.41, 5.74) is 3.65. The molecule has 0 aromatic carbocycles. The lowest BCUT2D eigenvalue weighted by molar-refractivity contribution is -0.131. The van der Waals surface area contributed by atoms with Gasteiger partial charge in [0.05, 0.1) is 17.8 Å². The van der Waals surface area contributed by atoms with Crippen LogP contribution in [0.3, 0.4) is 0 Å². The molecule has 3 aromatic rings. The van der Waals surface area contributed by atoms with Gasteiger partial charge in [0.15, 0.2) is 11.5 Å². The van der Waals surface area contributed by atoms with Crippen LogP contribution < -0.4 is 0 Å². The molecule has 8 nitrogen and oxygen atoms in total. The SMILES string of the molecule is Cc1noc(C)c1CC(=O)N1CCC(c2nnc3ccc(C4CC4)nn23)CC1. The Kier molecular flexibility index (Phi) is 4.14. The Morgan fingerprint density at radius 1 is 1.11 bits per heavy atom. The first-order chi connectivity index (χ1) is 13.6. The zero-order chi connectivity index (χ0) is 19.3. The molecule has 1 saturated carbocycles. The number of likely N-dealkylation sites (tertiary alicyclic amines) is 1. The molecule has 1 amide bonds. The normalized spacial score (nSPS) is 18.1. The number of hydrogen-bond donors (Lipinski definition) is 0. The van der Waals surface area contributed by atoms with Gasteiger partial charge in [-0.1, -0.05) is 5.16 Å². The van der Waals surface area contributed by atoms with Gasteiger partial charge in [-0.3, -0.25) is 4.79 Å². The summed E-state index contributed by atoms with van der Waals surface area (Å²) in [7, 11) is 0. The number of carbonyl (C=O) groups excluding carboxylic acids is 1. The molecule has 0 spiro atoms. The second-order valence-corrected chi connectivity index (χ2v) is 8.00. The number of aryl methyl sites for hydroxylation is 2. The van der Waals surface area contributed by atoms with E-state index in [2.05, 4.69) is 21.4 Å². The molecule has 0 radical (unpaired) electrons. The van der Waals surface area contributed by atoms with Crippen molar-refractivity contribution in [2.75, 3.05) is 13.1 Å².